The average Bonchev–Trinajstić information content (AvgIpc) is 2.38. The summed E-state index contributed by atoms with van der Waals surface area (Å²) in [5.74, 6) is -1.34. The van der Waals surface area contributed by atoms with Crippen LogP contribution in [0.4, 0.5) is 8.78 Å². The maximum absolute atomic E-state index is 13.3. The summed E-state index contributed by atoms with van der Waals surface area (Å²) in [7, 11) is 0. The second kappa shape index (κ2) is 7.53. The number of benzene rings is 1. The van der Waals surface area contributed by atoms with Gasteiger partial charge in [0.05, 0.1) is 6.61 Å². The molecule has 5 heteroatoms. The molecule has 0 aliphatic heterocycles. The fourth-order valence-corrected chi connectivity index (χ4v) is 1.97. The first-order valence-electron chi connectivity index (χ1n) is 6.43. The van der Waals surface area contributed by atoms with Crippen LogP contribution in [0.25, 0.3) is 0 Å². The minimum atomic E-state index is -0.864. The quantitative estimate of drug-likeness (QED) is 0.712. The topological polar surface area (TPSA) is 55.5 Å². The van der Waals surface area contributed by atoms with Crippen molar-refractivity contribution in [2.24, 2.45) is 5.73 Å². The van der Waals surface area contributed by atoms with Gasteiger partial charge in [-0.3, -0.25) is 0 Å². The molecule has 1 atom stereocenters. The van der Waals surface area contributed by atoms with Gasteiger partial charge in [0.1, 0.15) is 11.6 Å². The monoisotopic (exact) mass is 273 g/mol. The third-order valence-electron chi connectivity index (χ3n) is 3.24. The molecule has 0 aliphatic rings. The number of aliphatic hydroxyl groups excluding tert-OH is 1. The van der Waals surface area contributed by atoms with Crippen molar-refractivity contribution in [3.8, 4) is 0 Å². The van der Waals surface area contributed by atoms with E-state index in [-0.39, 0.29) is 13.2 Å². The van der Waals surface area contributed by atoms with E-state index >= 15 is 0 Å². The van der Waals surface area contributed by atoms with Gasteiger partial charge in [-0.05, 0) is 30.5 Å². The van der Waals surface area contributed by atoms with E-state index in [4.69, 9.17) is 10.5 Å². The van der Waals surface area contributed by atoms with Crippen molar-refractivity contribution in [3.05, 3.63) is 35.4 Å². The Labute approximate surface area is 112 Å². The number of hydrogen-bond donors (Lipinski definition) is 2. The second-order valence-electron chi connectivity index (χ2n) is 4.66. The Morgan fingerprint density at radius 2 is 1.84 bits per heavy atom. The van der Waals surface area contributed by atoms with Crippen LogP contribution in [0.3, 0.4) is 0 Å². The highest BCUT2D eigenvalue weighted by Gasteiger charge is 2.31. The Kier molecular flexibility index (Phi) is 6.34. The Hall–Kier alpha value is -1.04. The third-order valence-corrected chi connectivity index (χ3v) is 3.24. The number of rotatable bonds is 8. The summed E-state index contributed by atoms with van der Waals surface area (Å²) in [4.78, 5) is 0. The first-order valence-corrected chi connectivity index (χ1v) is 6.43. The van der Waals surface area contributed by atoms with Gasteiger partial charge in [-0.2, -0.15) is 0 Å². The number of aliphatic hydroxyl groups is 1. The highest BCUT2D eigenvalue weighted by Crippen LogP contribution is 2.28. The standard InChI is InChI=1S/C14H21F2NO2/c1-2-4-19-5-3-14(9-17,10-18)11-6-12(15)8-13(16)7-11/h6-8,18H,2-5,9-10,17H2,1H3. The van der Waals surface area contributed by atoms with Crippen LogP contribution < -0.4 is 5.73 Å². The number of halogens is 2. The van der Waals surface area contributed by atoms with Crippen molar-refractivity contribution < 1.29 is 18.6 Å². The molecule has 0 bridgehead atoms. The first kappa shape index (κ1) is 16.0. The smallest absolute Gasteiger partial charge is 0.126 e. The molecule has 0 amide bonds. The highest BCUT2D eigenvalue weighted by molar-refractivity contribution is 5.28. The molecule has 0 aromatic heterocycles. The molecule has 0 saturated carbocycles. The number of ether oxygens (including phenoxy) is 1. The molecule has 3 N–H and O–H groups in total. The molecule has 1 aromatic rings. The van der Waals surface area contributed by atoms with Crippen LogP contribution >= 0.6 is 0 Å². The highest BCUT2D eigenvalue weighted by atomic mass is 19.1. The normalized spacial score (nSPS) is 14.4. The van der Waals surface area contributed by atoms with E-state index in [0.717, 1.165) is 12.5 Å². The van der Waals surface area contributed by atoms with Crippen LogP contribution in [-0.2, 0) is 10.2 Å². The molecule has 3 nitrogen and oxygen atoms in total. The van der Waals surface area contributed by atoms with E-state index < -0.39 is 17.0 Å². The summed E-state index contributed by atoms with van der Waals surface area (Å²) in [5, 5.41) is 9.59. The zero-order valence-electron chi connectivity index (χ0n) is 11.2. The first-order chi connectivity index (χ1) is 9.07. The second-order valence-corrected chi connectivity index (χ2v) is 4.66. The van der Waals surface area contributed by atoms with E-state index in [0.29, 0.717) is 25.2 Å². The van der Waals surface area contributed by atoms with Gasteiger partial charge >= 0.3 is 0 Å². The van der Waals surface area contributed by atoms with Crippen molar-refractivity contribution in [1.82, 2.24) is 0 Å². The van der Waals surface area contributed by atoms with Gasteiger partial charge in [-0.1, -0.05) is 6.92 Å². The van der Waals surface area contributed by atoms with Gasteiger partial charge in [0.25, 0.3) is 0 Å². The molecule has 1 aromatic carbocycles. The van der Waals surface area contributed by atoms with Gasteiger partial charge in [0.15, 0.2) is 0 Å². The maximum Gasteiger partial charge on any atom is 0.126 e. The fourth-order valence-electron chi connectivity index (χ4n) is 1.97. The summed E-state index contributed by atoms with van der Waals surface area (Å²) in [6, 6.07) is 3.23. The lowest BCUT2D eigenvalue weighted by atomic mass is 9.78. The van der Waals surface area contributed by atoms with Crippen LogP contribution in [0.1, 0.15) is 25.3 Å². The van der Waals surface area contributed by atoms with Crippen molar-refractivity contribution in [2.75, 3.05) is 26.4 Å². The SMILES string of the molecule is CCCOCCC(CN)(CO)c1cc(F)cc(F)c1. The lowest BCUT2D eigenvalue weighted by Crippen LogP contribution is -2.40. The van der Waals surface area contributed by atoms with Gasteiger partial charge in [-0.25, -0.2) is 8.78 Å². The van der Waals surface area contributed by atoms with Crippen LogP contribution in [0.2, 0.25) is 0 Å². The number of hydrogen-bond acceptors (Lipinski definition) is 3. The Balaban J connectivity index is 2.90. The molecule has 0 fully saturated rings. The van der Waals surface area contributed by atoms with E-state index in [2.05, 4.69) is 0 Å². The minimum Gasteiger partial charge on any atom is -0.395 e. The zero-order chi connectivity index (χ0) is 14.3. The zero-order valence-corrected chi connectivity index (χ0v) is 11.2. The lowest BCUT2D eigenvalue weighted by molar-refractivity contribution is 0.0949. The van der Waals surface area contributed by atoms with Gasteiger partial charge in [0, 0.05) is 31.2 Å². The maximum atomic E-state index is 13.3. The van der Waals surface area contributed by atoms with E-state index in [1.165, 1.54) is 12.1 Å². The Morgan fingerprint density at radius 3 is 2.32 bits per heavy atom. The van der Waals surface area contributed by atoms with Gasteiger partial charge in [0.2, 0.25) is 0 Å². The predicted molar refractivity (Wildman–Crippen MR) is 69.9 cm³/mol. The molecular formula is C14H21F2NO2. The van der Waals surface area contributed by atoms with E-state index in [1.54, 1.807) is 0 Å². The molecule has 19 heavy (non-hydrogen) atoms. The molecule has 0 heterocycles. The van der Waals surface area contributed by atoms with Crippen molar-refractivity contribution >= 4 is 0 Å². The fraction of sp³-hybridized carbons (Fsp3) is 0.571. The summed E-state index contributed by atoms with van der Waals surface area (Å²) >= 11 is 0. The van der Waals surface area contributed by atoms with Crippen molar-refractivity contribution in [2.45, 2.75) is 25.2 Å². The molecular weight excluding hydrogens is 252 g/mol. The largest absolute Gasteiger partial charge is 0.395 e. The molecule has 0 spiro atoms. The Morgan fingerprint density at radius 1 is 1.21 bits per heavy atom. The molecule has 1 unspecified atom stereocenters. The molecule has 0 radical (unpaired) electrons. The summed E-state index contributed by atoms with van der Waals surface area (Å²) in [5.41, 5.74) is 5.21. The minimum absolute atomic E-state index is 0.0991. The molecule has 108 valence electrons. The Bertz CT molecular complexity index is 375. The van der Waals surface area contributed by atoms with Crippen LogP contribution in [-0.4, -0.2) is 31.5 Å². The van der Waals surface area contributed by atoms with Crippen LogP contribution in [0.15, 0.2) is 18.2 Å². The summed E-state index contributed by atoms with van der Waals surface area (Å²) in [6.45, 7) is 2.82. The van der Waals surface area contributed by atoms with Gasteiger partial charge in [-0.15, -0.1) is 0 Å². The van der Waals surface area contributed by atoms with E-state index in [9.17, 15) is 13.9 Å². The van der Waals surface area contributed by atoms with E-state index in [1.807, 2.05) is 6.92 Å². The van der Waals surface area contributed by atoms with Gasteiger partial charge < -0.3 is 15.6 Å². The van der Waals surface area contributed by atoms with Crippen molar-refractivity contribution in [3.63, 3.8) is 0 Å². The molecule has 0 saturated heterocycles. The van der Waals surface area contributed by atoms with Crippen LogP contribution in [0, 0.1) is 11.6 Å². The molecule has 1 rings (SSSR count). The lowest BCUT2D eigenvalue weighted by Gasteiger charge is -2.31. The predicted octanol–water partition coefficient (Wildman–Crippen LogP) is 1.97. The van der Waals surface area contributed by atoms with Crippen molar-refractivity contribution in [1.29, 1.82) is 0 Å². The van der Waals surface area contributed by atoms with Crippen LogP contribution in [0.5, 0.6) is 0 Å². The molecule has 0 aliphatic carbocycles. The summed E-state index contributed by atoms with van der Waals surface area (Å²) < 4.78 is 31.9. The average molecular weight is 273 g/mol. The number of nitrogens with two attached hydrogens (primary N) is 1. The summed E-state index contributed by atoms with van der Waals surface area (Å²) in [6.07, 6.45) is 1.31. The third kappa shape index (κ3) is 4.23.